The minimum Gasteiger partial charge on any atom is -0.493 e. The van der Waals surface area contributed by atoms with Crippen molar-refractivity contribution in [3.63, 3.8) is 0 Å². The largest absolute Gasteiger partial charge is 0.493 e. The van der Waals surface area contributed by atoms with E-state index >= 15 is 0 Å². The average Bonchev–Trinajstić information content (AvgIpc) is 3.39. The number of thiazole rings is 1. The highest BCUT2D eigenvalue weighted by molar-refractivity contribution is 9.10. The second-order valence-electron chi connectivity index (χ2n) is 7.62. The number of carbonyl (C=O) groups is 1. The van der Waals surface area contributed by atoms with Crippen LogP contribution >= 0.6 is 27.3 Å². The molecule has 0 N–H and O–H groups in total. The number of methoxy groups -OCH3 is 3. The van der Waals surface area contributed by atoms with E-state index < -0.39 is 11.9 Å². The van der Waals surface area contributed by atoms with Gasteiger partial charge in [0.25, 0.3) is 5.91 Å². The summed E-state index contributed by atoms with van der Waals surface area (Å²) >= 11 is 4.73. The van der Waals surface area contributed by atoms with Crippen LogP contribution in [0.25, 0.3) is 11.0 Å². The number of aromatic nitrogens is 1. The number of anilines is 1. The van der Waals surface area contributed by atoms with E-state index in [0.717, 1.165) is 10.2 Å². The summed E-state index contributed by atoms with van der Waals surface area (Å²) < 4.78 is 23.2. The summed E-state index contributed by atoms with van der Waals surface area (Å²) in [5.74, 6) is 0.766. The first kappa shape index (κ1) is 22.4. The van der Waals surface area contributed by atoms with E-state index in [0.29, 0.717) is 38.9 Å². The molecule has 0 bridgehead atoms. The predicted octanol–water partition coefficient (Wildman–Crippen LogP) is 5.10. The van der Waals surface area contributed by atoms with Crippen LogP contribution in [0.15, 0.2) is 49.4 Å². The minimum atomic E-state index is -0.804. The van der Waals surface area contributed by atoms with Crippen LogP contribution in [0.4, 0.5) is 5.13 Å². The zero-order valence-corrected chi connectivity index (χ0v) is 21.1. The van der Waals surface area contributed by atoms with Gasteiger partial charge in [-0.2, -0.15) is 0 Å². The van der Waals surface area contributed by atoms with Gasteiger partial charge in [-0.25, -0.2) is 4.98 Å². The molecule has 0 aliphatic carbocycles. The van der Waals surface area contributed by atoms with Crippen molar-refractivity contribution in [3.8, 4) is 17.2 Å². The number of rotatable bonds is 5. The minimum absolute atomic E-state index is 0.00794. The third kappa shape index (κ3) is 3.36. The molecule has 3 heterocycles. The quantitative estimate of drug-likeness (QED) is 0.346. The first-order chi connectivity index (χ1) is 16.4. The zero-order valence-electron chi connectivity index (χ0n) is 18.7. The number of hydrogen-bond donors (Lipinski definition) is 0. The van der Waals surface area contributed by atoms with Gasteiger partial charge in [-0.15, -0.1) is 11.3 Å². The molecule has 0 fully saturated rings. The van der Waals surface area contributed by atoms with Gasteiger partial charge in [-0.1, -0.05) is 15.9 Å². The molecule has 1 aliphatic heterocycles. The van der Waals surface area contributed by atoms with Crippen molar-refractivity contribution in [2.75, 3.05) is 26.2 Å². The molecule has 8 nitrogen and oxygen atoms in total. The van der Waals surface area contributed by atoms with Crippen molar-refractivity contribution in [2.45, 2.75) is 13.0 Å². The fraction of sp³-hybridized carbons (Fsp3) is 0.208. The molecule has 2 aromatic carbocycles. The number of carbonyl (C=O) groups excluding carboxylic acids is 1. The summed E-state index contributed by atoms with van der Waals surface area (Å²) in [6.07, 6.45) is 0. The molecular weight excluding hydrogens is 524 g/mol. The average molecular weight is 543 g/mol. The molecular formula is C24H19BrN2O6S. The molecule has 0 spiro atoms. The molecule has 0 unspecified atom stereocenters. The van der Waals surface area contributed by atoms with E-state index in [1.807, 2.05) is 12.3 Å². The normalized spacial score (nSPS) is 15.0. The molecule has 1 amide bonds. The standard InChI is InChI=1S/C24H19BrN2O6S/c1-11-10-34-24(26-11)27-19(12-7-16(30-2)21(32-4)17(8-12)31-3)18-20(28)14-9-13(25)5-6-15(14)33-22(18)23(27)29/h5-10,19H,1-4H3/t19-/m1/s1. The number of ether oxygens (including phenoxy) is 3. The van der Waals surface area contributed by atoms with Crippen LogP contribution in [0.1, 0.15) is 33.4 Å². The smallest absolute Gasteiger partial charge is 0.297 e. The lowest BCUT2D eigenvalue weighted by atomic mass is 9.98. The Morgan fingerprint density at radius 2 is 1.76 bits per heavy atom. The van der Waals surface area contributed by atoms with Gasteiger partial charge in [-0.3, -0.25) is 14.5 Å². The zero-order chi connectivity index (χ0) is 24.1. The highest BCUT2D eigenvalue weighted by Crippen LogP contribution is 2.46. The lowest BCUT2D eigenvalue weighted by Gasteiger charge is -2.24. The fourth-order valence-electron chi connectivity index (χ4n) is 4.17. The Bertz CT molecular complexity index is 1490. The third-order valence-corrected chi connectivity index (χ3v) is 7.10. The van der Waals surface area contributed by atoms with Crippen molar-refractivity contribution < 1.29 is 23.4 Å². The third-order valence-electron chi connectivity index (χ3n) is 5.65. The van der Waals surface area contributed by atoms with E-state index in [1.54, 1.807) is 30.3 Å². The van der Waals surface area contributed by atoms with Crippen LogP contribution in [0, 0.1) is 6.92 Å². The molecule has 2 aromatic heterocycles. The molecule has 0 saturated heterocycles. The maximum Gasteiger partial charge on any atom is 0.297 e. The number of halogens is 1. The van der Waals surface area contributed by atoms with E-state index in [-0.39, 0.29) is 16.8 Å². The van der Waals surface area contributed by atoms with Crippen molar-refractivity contribution in [3.05, 3.63) is 73.0 Å². The van der Waals surface area contributed by atoms with Crippen molar-refractivity contribution in [1.29, 1.82) is 0 Å². The molecule has 4 aromatic rings. The molecule has 0 radical (unpaired) electrons. The van der Waals surface area contributed by atoms with Gasteiger partial charge in [-0.05, 0) is 42.8 Å². The molecule has 1 aliphatic rings. The number of aryl methyl sites for hydroxylation is 1. The molecule has 174 valence electrons. The number of benzene rings is 2. The number of nitrogens with zero attached hydrogens (tertiary/aromatic N) is 2. The number of fused-ring (bicyclic) bond motifs is 2. The number of hydrogen-bond acceptors (Lipinski definition) is 8. The van der Waals surface area contributed by atoms with Gasteiger partial charge in [0.2, 0.25) is 11.5 Å². The van der Waals surface area contributed by atoms with E-state index in [2.05, 4.69) is 20.9 Å². The molecule has 1 atom stereocenters. The monoisotopic (exact) mass is 542 g/mol. The van der Waals surface area contributed by atoms with Gasteiger partial charge in [0.15, 0.2) is 22.1 Å². The van der Waals surface area contributed by atoms with Crippen LogP contribution in [-0.2, 0) is 0 Å². The lowest BCUT2D eigenvalue weighted by Crippen LogP contribution is -2.29. The Balaban J connectivity index is 1.84. The van der Waals surface area contributed by atoms with Crippen LogP contribution in [-0.4, -0.2) is 32.2 Å². The number of amides is 1. The van der Waals surface area contributed by atoms with Gasteiger partial charge >= 0.3 is 0 Å². The summed E-state index contributed by atoms with van der Waals surface area (Å²) in [7, 11) is 4.53. The van der Waals surface area contributed by atoms with Gasteiger partial charge < -0.3 is 18.6 Å². The van der Waals surface area contributed by atoms with Crippen LogP contribution < -0.4 is 24.5 Å². The van der Waals surface area contributed by atoms with Crippen LogP contribution in [0.3, 0.4) is 0 Å². The van der Waals surface area contributed by atoms with Gasteiger partial charge in [0.1, 0.15) is 5.58 Å². The first-order valence-corrected chi connectivity index (χ1v) is 11.9. The Morgan fingerprint density at radius 3 is 2.35 bits per heavy atom. The maximum absolute atomic E-state index is 13.8. The van der Waals surface area contributed by atoms with Crippen LogP contribution in [0.2, 0.25) is 0 Å². The Kier molecular flexibility index (Phi) is 5.57. The second kappa shape index (κ2) is 8.44. The SMILES string of the molecule is COc1cc([C@@H]2c3c(oc4ccc(Br)cc4c3=O)C(=O)N2c2nc(C)cs2)cc(OC)c1OC. The Morgan fingerprint density at radius 1 is 1.06 bits per heavy atom. The highest BCUT2D eigenvalue weighted by atomic mass is 79.9. The van der Waals surface area contributed by atoms with Crippen LogP contribution in [0.5, 0.6) is 17.2 Å². The second-order valence-corrected chi connectivity index (χ2v) is 9.37. The highest BCUT2D eigenvalue weighted by Gasteiger charge is 2.45. The summed E-state index contributed by atoms with van der Waals surface area (Å²) in [5.41, 5.74) is 1.64. The van der Waals surface area contributed by atoms with Gasteiger partial charge in [0, 0.05) is 9.85 Å². The van der Waals surface area contributed by atoms with E-state index in [4.69, 9.17) is 18.6 Å². The molecule has 34 heavy (non-hydrogen) atoms. The molecule has 5 rings (SSSR count). The maximum atomic E-state index is 13.8. The van der Waals surface area contributed by atoms with Crippen molar-refractivity contribution in [2.24, 2.45) is 0 Å². The van der Waals surface area contributed by atoms with Gasteiger partial charge in [0.05, 0.1) is 44.0 Å². The Hall–Kier alpha value is -3.37. The lowest BCUT2D eigenvalue weighted by molar-refractivity contribution is 0.0971. The van der Waals surface area contributed by atoms with E-state index in [9.17, 15) is 9.59 Å². The first-order valence-electron chi connectivity index (χ1n) is 10.2. The predicted molar refractivity (Wildman–Crippen MR) is 132 cm³/mol. The Labute approximate surface area is 206 Å². The fourth-order valence-corrected chi connectivity index (χ4v) is 5.36. The topological polar surface area (TPSA) is 91.1 Å². The van der Waals surface area contributed by atoms with Crippen molar-refractivity contribution in [1.82, 2.24) is 4.98 Å². The summed E-state index contributed by atoms with van der Waals surface area (Å²) in [4.78, 5) is 33.4. The summed E-state index contributed by atoms with van der Waals surface area (Å²) in [6.45, 7) is 1.84. The van der Waals surface area contributed by atoms with Crippen molar-refractivity contribution >= 4 is 49.3 Å². The van der Waals surface area contributed by atoms with E-state index in [1.165, 1.54) is 37.6 Å². The molecule has 0 saturated carbocycles. The summed E-state index contributed by atoms with van der Waals surface area (Å²) in [5, 5.41) is 2.67. The summed E-state index contributed by atoms with van der Waals surface area (Å²) in [6, 6.07) is 7.77. The molecule has 10 heteroatoms.